The lowest BCUT2D eigenvalue weighted by atomic mass is 10.1. The van der Waals surface area contributed by atoms with Gasteiger partial charge in [-0.3, -0.25) is 14.5 Å². The number of anilines is 2. The van der Waals surface area contributed by atoms with E-state index in [0.29, 0.717) is 71.2 Å². The molecule has 0 bridgehead atoms. The number of hydrogen-bond donors (Lipinski definition) is 2. The Bertz CT molecular complexity index is 1100. The van der Waals surface area contributed by atoms with Gasteiger partial charge in [0.1, 0.15) is 23.7 Å². The lowest BCUT2D eigenvalue weighted by molar-refractivity contribution is 0.0925. The van der Waals surface area contributed by atoms with Gasteiger partial charge in [-0.2, -0.15) is 5.10 Å². The summed E-state index contributed by atoms with van der Waals surface area (Å²) in [6.45, 7) is 1.84. The number of carbonyl (C=O) groups is 1. The minimum atomic E-state index is -0.218. The first kappa shape index (κ1) is 21.0. The number of pyridine rings is 1. The number of benzene rings is 1. The molecule has 10 heteroatoms. The fraction of sp³-hybridized carbons (Fsp3) is 0.286. The average Bonchev–Trinajstić information content (AvgIpc) is 3.14. The third-order valence-electron chi connectivity index (χ3n) is 4.79. The second kappa shape index (κ2) is 9.23. The topological polar surface area (TPSA) is 99.5 Å². The fourth-order valence-electron chi connectivity index (χ4n) is 3.40. The largest absolute Gasteiger partial charge is 0.493 e. The van der Waals surface area contributed by atoms with E-state index >= 15 is 0 Å². The van der Waals surface area contributed by atoms with E-state index in [1.165, 1.54) is 7.11 Å². The Balaban J connectivity index is 1.84. The van der Waals surface area contributed by atoms with Crippen molar-refractivity contribution < 1.29 is 19.0 Å². The Kier molecular flexibility index (Phi) is 6.24. The average molecular weight is 444 g/mol. The van der Waals surface area contributed by atoms with Crippen molar-refractivity contribution in [2.24, 2.45) is 0 Å². The molecule has 0 unspecified atom stereocenters. The lowest BCUT2D eigenvalue weighted by Gasteiger charge is -2.17. The maximum atomic E-state index is 12.7. The predicted molar refractivity (Wildman–Crippen MR) is 116 cm³/mol. The maximum Gasteiger partial charge on any atom is 0.271 e. The molecule has 9 nitrogen and oxygen atoms in total. The highest BCUT2D eigenvalue weighted by atomic mass is 35.5. The van der Waals surface area contributed by atoms with Gasteiger partial charge in [0.05, 0.1) is 42.9 Å². The Morgan fingerprint density at radius 2 is 2.13 bits per heavy atom. The number of nitrogens with one attached hydrogen (secondary N) is 2. The Morgan fingerprint density at radius 1 is 1.26 bits per heavy atom. The standard InChI is InChI=1S/C21H22ClN5O4/c1-29-10-11-31-16-12-23-7-6-13(16)17-18(19-21(28)24-8-9-27(19)26-17)25-15-5-3-4-14(22)20(15)30-2/h3-7,12,25H,8-11H2,1-2H3,(H,24,28). The quantitative estimate of drug-likeness (QED) is 0.516. The summed E-state index contributed by atoms with van der Waals surface area (Å²) < 4.78 is 18.1. The van der Waals surface area contributed by atoms with E-state index in [4.69, 9.17) is 30.9 Å². The number of hydrogen-bond acceptors (Lipinski definition) is 7. The molecule has 0 saturated heterocycles. The molecule has 0 fully saturated rings. The van der Waals surface area contributed by atoms with Gasteiger partial charge in [-0.25, -0.2) is 0 Å². The first-order valence-electron chi connectivity index (χ1n) is 9.68. The molecule has 4 rings (SSSR count). The summed E-state index contributed by atoms with van der Waals surface area (Å²) in [5.41, 5.74) is 2.82. The van der Waals surface area contributed by atoms with Crippen LogP contribution in [-0.2, 0) is 11.3 Å². The van der Waals surface area contributed by atoms with E-state index < -0.39 is 0 Å². The zero-order valence-corrected chi connectivity index (χ0v) is 17.9. The number of rotatable bonds is 8. The van der Waals surface area contributed by atoms with Crippen LogP contribution in [0.5, 0.6) is 11.5 Å². The van der Waals surface area contributed by atoms with Gasteiger partial charge in [0.25, 0.3) is 5.91 Å². The molecular weight excluding hydrogens is 422 g/mol. The molecule has 162 valence electrons. The molecule has 0 radical (unpaired) electrons. The van der Waals surface area contributed by atoms with E-state index in [2.05, 4.69) is 15.6 Å². The summed E-state index contributed by atoms with van der Waals surface area (Å²) in [5.74, 6) is 0.790. The van der Waals surface area contributed by atoms with Crippen LogP contribution in [-0.4, -0.2) is 54.6 Å². The van der Waals surface area contributed by atoms with Crippen molar-refractivity contribution in [3.63, 3.8) is 0 Å². The normalized spacial score (nSPS) is 12.8. The molecular formula is C21H22ClN5O4. The summed E-state index contributed by atoms with van der Waals surface area (Å²) in [6, 6.07) is 7.16. The Hall–Kier alpha value is -3.30. The van der Waals surface area contributed by atoms with Gasteiger partial charge < -0.3 is 24.8 Å². The number of para-hydroxylation sites is 1. The van der Waals surface area contributed by atoms with Crippen molar-refractivity contribution in [3.05, 3.63) is 47.4 Å². The summed E-state index contributed by atoms with van der Waals surface area (Å²) in [5, 5.41) is 11.3. The third kappa shape index (κ3) is 4.14. The molecule has 1 aromatic carbocycles. The van der Waals surface area contributed by atoms with Crippen molar-refractivity contribution in [2.45, 2.75) is 6.54 Å². The summed E-state index contributed by atoms with van der Waals surface area (Å²) >= 11 is 6.29. The summed E-state index contributed by atoms with van der Waals surface area (Å²) in [4.78, 5) is 16.9. The highest BCUT2D eigenvalue weighted by Gasteiger charge is 2.29. The van der Waals surface area contributed by atoms with Crippen LogP contribution in [0.25, 0.3) is 11.3 Å². The van der Waals surface area contributed by atoms with E-state index in [1.807, 2.05) is 6.07 Å². The maximum absolute atomic E-state index is 12.7. The van der Waals surface area contributed by atoms with E-state index in [1.54, 1.807) is 42.4 Å². The van der Waals surface area contributed by atoms with Gasteiger partial charge in [-0.05, 0) is 18.2 Å². The van der Waals surface area contributed by atoms with Crippen LogP contribution in [0, 0.1) is 0 Å². The zero-order valence-electron chi connectivity index (χ0n) is 17.1. The van der Waals surface area contributed by atoms with Crippen molar-refractivity contribution in [1.82, 2.24) is 20.1 Å². The minimum Gasteiger partial charge on any atom is -0.493 e. The first-order chi connectivity index (χ1) is 15.1. The minimum absolute atomic E-state index is 0.218. The molecule has 1 aliphatic heterocycles. The summed E-state index contributed by atoms with van der Waals surface area (Å²) in [7, 11) is 3.15. The van der Waals surface area contributed by atoms with E-state index in [0.717, 1.165) is 0 Å². The molecule has 0 aliphatic carbocycles. The number of ether oxygens (including phenoxy) is 3. The van der Waals surface area contributed by atoms with E-state index in [-0.39, 0.29) is 5.91 Å². The predicted octanol–water partition coefficient (Wildman–Crippen LogP) is 3.12. The van der Waals surface area contributed by atoms with Crippen molar-refractivity contribution in [1.29, 1.82) is 0 Å². The van der Waals surface area contributed by atoms with E-state index in [9.17, 15) is 4.79 Å². The number of carbonyl (C=O) groups excluding carboxylic acids is 1. The molecule has 3 aromatic rings. The second-order valence-electron chi connectivity index (χ2n) is 6.71. The van der Waals surface area contributed by atoms with Gasteiger partial charge in [-0.15, -0.1) is 0 Å². The number of fused-ring (bicyclic) bond motifs is 1. The number of nitrogens with zero attached hydrogens (tertiary/aromatic N) is 3. The smallest absolute Gasteiger partial charge is 0.271 e. The second-order valence-corrected chi connectivity index (χ2v) is 7.12. The van der Waals surface area contributed by atoms with Crippen LogP contribution in [0.1, 0.15) is 10.5 Å². The highest BCUT2D eigenvalue weighted by Crippen LogP contribution is 2.41. The Labute approximate surface area is 184 Å². The SMILES string of the molecule is COCCOc1cnccc1-c1nn2c(c1Nc1cccc(Cl)c1OC)C(=O)NCC2. The van der Waals surface area contributed by atoms with Crippen LogP contribution in [0.2, 0.25) is 5.02 Å². The lowest BCUT2D eigenvalue weighted by Crippen LogP contribution is -2.35. The number of halogens is 1. The van der Waals surface area contributed by atoms with Crippen molar-refractivity contribution in [2.75, 3.05) is 39.3 Å². The van der Waals surface area contributed by atoms with Gasteiger partial charge >= 0.3 is 0 Å². The van der Waals surface area contributed by atoms with Crippen LogP contribution in [0.15, 0.2) is 36.7 Å². The Morgan fingerprint density at radius 3 is 2.94 bits per heavy atom. The zero-order chi connectivity index (χ0) is 21.8. The van der Waals surface area contributed by atoms with Gasteiger partial charge in [-0.1, -0.05) is 17.7 Å². The van der Waals surface area contributed by atoms with Crippen LogP contribution in [0.3, 0.4) is 0 Å². The van der Waals surface area contributed by atoms with Crippen molar-refractivity contribution >= 4 is 28.9 Å². The molecule has 31 heavy (non-hydrogen) atoms. The van der Waals surface area contributed by atoms with Crippen molar-refractivity contribution in [3.8, 4) is 22.8 Å². The van der Waals surface area contributed by atoms with Crippen LogP contribution < -0.4 is 20.1 Å². The molecule has 2 N–H and O–H groups in total. The molecule has 0 atom stereocenters. The molecule has 1 aliphatic rings. The first-order valence-corrected chi connectivity index (χ1v) is 10.1. The van der Waals surface area contributed by atoms with Gasteiger partial charge in [0.15, 0.2) is 5.75 Å². The van der Waals surface area contributed by atoms with Crippen LogP contribution >= 0.6 is 11.6 Å². The molecule has 0 spiro atoms. The number of amides is 1. The fourth-order valence-corrected chi connectivity index (χ4v) is 3.65. The highest BCUT2D eigenvalue weighted by molar-refractivity contribution is 6.32. The number of methoxy groups -OCH3 is 2. The monoisotopic (exact) mass is 443 g/mol. The third-order valence-corrected chi connectivity index (χ3v) is 5.09. The van der Waals surface area contributed by atoms with Crippen LogP contribution in [0.4, 0.5) is 11.4 Å². The molecule has 2 aromatic heterocycles. The van der Waals surface area contributed by atoms with Gasteiger partial charge in [0, 0.05) is 25.4 Å². The number of aromatic nitrogens is 3. The molecule has 3 heterocycles. The molecule has 1 amide bonds. The molecule has 0 saturated carbocycles. The summed E-state index contributed by atoms with van der Waals surface area (Å²) in [6.07, 6.45) is 3.27. The van der Waals surface area contributed by atoms with Gasteiger partial charge in [0.2, 0.25) is 0 Å².